The van der Waals surface area contributed by atoms with Crippen molar-refractivity contribution in [3.8, 4) is 5.75 Å². The van der Waals surface area contributed by atoms with E-state index in [1.54, 1.807) is 29.2 Å². The number of fused-ring (bicyclic) bond motifs is 1. The largest absolute Gasteiger partial charge is 0.426 e. The summed E-state index contributed by atoms with van der Waals surface area (Å²) < 4.78 is 5.50. The number of esters is 1. The molecular formula is C26H26N2O5. The van der Waals surface area contributed by atoms with Gasteiger partial charge in [-0.1, -0.05) is 25.1 Å². The summed E-state index contributed by atoms with van der Waals surface area (Å²) >= 11 is 0. The second kappa shape index (κ2) is 8.46. The Morgan fingerprint density at radius 2 is 1.58 bits per heavy atom. The van der Waals surface area contributed by atoms with Crippen molar-refractivity contribution in [2.24, 2.45) is 23.7 Å². The third-order valence-corrected chi connectivity index (χ3v) is 7.03. The van der Waals surface area contributed by atoms with Gasteiger partial charge in [0.25, 0.3) is 0 Å². The number of ether oxygens (including phenoxy) is 1. The molecule has 0 aromatic heterocycles. The molecule has 2 aromatic rings. The molecule has 0 N–H and O–H groups in total. The minimum atomic E-state index is -0.552. The minimum Gasteiger partial charge on any atom is -0.426 e. The predicted molar refractivity (Wildman–Crippen MR) is 121 cm³/mol. The molecule has 4 unspecified atom stereocenters. The predicted octanol–water partition coefficient (Wildman–Crippen LogP) is 3.57. The van der Waals surface area contributed by atoms with Crippen LogP contribution in [0.25, 0.3) is 0 Å². The molecule has 1 saturated carbocycles. The van der Waals surface area contributed by atoms with Crippen LogP contribution in [0.1, 0.15) is 32.6 Å². The second-order valence-corrected chi connectivity index (χ2v) is 9.30. The zero-order chi connectivity index (χ0) is 23.1. The fourth-order valence-electron chi connectivity index (χ4n) is 5.23. The summed E-state index contributed by atoms with van der Waals surface area (Å²) in [6.45, 7) is 2.40. The van der Waals surface area contributed by atoms with Crippen molar-refractivity contribution in [1.82, 2.24) is 0 Å². The number of nitrogens with zero attached hydrogens (tertiary/aromatic N) is 2. The third-order valence-electron chi connectivity index (χ3n) is 7.03. The average Bonchev–Trinajstić information content (AvgIpc) is 3.32. The van der Waals surface area contributed by atoms with E-state index in [1.165, 1.54) is 4.90 Å². The molecule has 7 nitrogen and oxygen atoms in total. The van der Waals surface area contributed by atoms with Crippen LogP contribution in [0.4, 0.5) is 11.4 Å². The molecule has 0 bridgehead atoms. The molecule has 33 heavy (non-hydrogen) atoms. The first kappa shape index (κ1) is 21.4. The number of amides is 3. The Kier molecular flexibility index (Phi) is 5.48. The van der Waals surface area contributed by atoms with Gasteiger partial charge in [0.2, 0.25) is 17.7 Å². The van der Waals surface area contributed by atoms with Crippen LogP contribution >= 0.6 is 0 Å². The van der Waals surface area contributed by atoms with Gasteiger partial charge in [-0.05, 0) is 61.6 Å². The first-order chi connectivity index (χ1) is 15.9. The van der Waals surface area contributed by atoms with Gasteiger partial charge in [0.1, 0.15) is 5.75 Å². The highest BCUT2D eigenvalue weighted by molar-refractivity contribution is 6.22. The third kappa shape index (κ3) is 3.92. The van der Waals surface area contributed by atoms with Crippen LogP contribution < -0.4 is 14.5 Å². The summed E-state index contributed by atoms with van der Waals surface area (Å²) in [7, 11) is 0. The maximum Gasteiger partial charge on any atom is 0.316 e. The van der Waals surface area contributed by atoms with Gasteiger partial charge < -0.3 is 9.64 Å². The molecule has 1 aliphatic carbocycles. The van der Waals surface area contributed by atoms with E-state index in [1.807, 2.05) is 30.3 Å². The fraction of sp³-hybridized carbons (Fsp3) is 0.385. The van der Waals surface area contributed by atoms with Gasteiger partial charge in [0.15, 0.2) is 0 Å². The molecule has 5 rings (SSSR count). The fourth-order valence-corrected chi connectivity index (χ4v) is 5.23. The Balaban J connectivity index is 1.24. The first-order valence-electron chi connectivity index (χ1n) is 11.5. The summed E-state index contributed by atoms with van der Waals surface area (Å²) in [5.41, 5.74) is 1.26. The molecule has 2 aliphatic heterocycles. The van der Waals surface area contributed by atoms with Gasteiger partial charge in [-0.2, -0.15) is 0 Å². The highest BCUT2D eigenvalue weighted by Gasteiger charge is 2.50. The van der Waals surface area contributed by atoms with Crippen molar-refractivity contribution < 1.29 is 23.9 Å². The topological polar surface area (TPSA) is 84.0 Å². The van der Waals surface area contributed by atoms with Gasteiger partial charge in [0, 0.05) is 18.7 Å². The molecule has 4 atom stereocenters. The van der Waals surface area contributed by atoms with Crippen LogP contribution in [0, 0.1) is 23.7 Å². The summed E-state index contributed by atoms with van der Waals surface area (Å²) in [6, 6.07) is 15.7. The quantitative estimate of drug-likeness (QED) is 0.407. The van der Waals surface area contributed by atoms with Crippen LogP contribution in [0.2, 0.25) is 0 Å². The van der Waals surface area contributed by atoms with E-state index in [0.29, 0.717) is 17.4 Å². The van der Waals surface area contributed by atoms with Crippen LogP contribution in [-0.4, -0.2) is 30.2 Å². The number of imide groups is 1. The van der Waals surface area contributed by atoms with Crippen LogP contribution in [0.3, 0.4) is 0 Å². The Hall–Kier alpha value is -3.48. The monoisotopic (exact) mass is 446 g/mol. The number of carbonyl (C=O) groups is 4. The molecule has 0 spiro atoms. The minimum absolute atomic E-state index is 0.101. The molecule has 0 radical (unpaired) electrons. The number of carbonyl (C=O) groups excluding carboxylic acids is 4. The number of hydrogen-bond donors (Lipinski definition) is 0. The molecular weight excluding hydrogens is 420 g/mol. The molecule has 3 fully saturated rings. The highest BCUT2D eigenvalue weighted by atomic mass is 16.5. The lowest BCUT2D eigenvalue weighted by atomic mass is 9.76. The standard InChI is InChI=1S/C26H26N2O5/c1-16-7-12-21-22(13-16)25(31)28(24(21)30)19-8-10-20(11-9-19)33-26(32)17-14-23(29)27(15-17)18-5-3-2-4-6-18/h2-6,8-11,16-17,21-22H,7,12-15H2,1H3. The molecule has 2 heterocycles. The van der Waals surface area contributed by atoms with Gasteiger partial charge in [-0.15, -0.1) is 0 Å². The first-order valence-corrected chi connectivity index (χ1v) is 11.5. The maximum absolute atomic E-state index is 12.9. The average molecular weight is 447 g/mol. The molecule has 3 amide bonds. The zero-order valence-electron chi connectivity index (χ0n) is 18.5. The number of para-hydroxylation sites is 1. The number of benzene rings is 2. The summed E-state index contributed by atoms with van der Waals surface area (Å²) in [6.07, 6.45) is 2.57. The van der Waals surface area contributed by atoms with E-state index >= 15 is 0 Å². The lowest BCUT2D eigenvalue weighted by Gasteiger charge is -2.25. The normalized spacial score (nSPS) is 27.1. The summed E-state index contributed by atoms with van der Waals surface area (Å²) in [5.74, 6) is -1.08. The van der Waals surface area contributed by atoms with Crippen LogP contribution in [0.15, 0.2) is 54.6 Å². The van der Waals surface area contributed by atoms with E-state index in [2.05, 4.69) is 6.92 Å². The van der Waals surface area contributed by atoms with Gasteiger partial charge in [-0.3, -0.25) is 24.1 Å². The van der Waals surface area contributed by atoms with Crippen molar-refractivity contribution in [1.29, 1.82) is 0 Å². The lowest BCUT2D eigenvalue weighted by Crippen LogP contribution is -2.30. The Morgan fingerprint density at radius 3 is 2.30 bits per heavy atom. The van der Waals surface area contributed by atoms with Crippen molar-refractivity contribution >= 4 is 35.1 Å². The maximum atomic E-state index is 12.9. The molecule has 170 valence electrons. The second-order valence-electron chi connectivity index (χ2n) is 9.30. The SMILES string of the molecule is CC1CCC2C(=O)N(c3ccc(OC(=O)C4CC(=O)N(c5ccccc5)C4)cc3)C(=O)C2C1. The number of rotatable bonds is 4. The van der Waals surface area contributed by atoms with Gasteiger partial charge in [-0.25, -0.2) is 0 Å². The van der Waals surface area contributed by atoms with Gasteiger partial charge >= 0.3 is 5.97 Å². The molecule has 2 saturated heterocycles. The zero-order valence-corrected chi connectivity index (χ0v) is 18.5. The number of hydrogen-bond acceptors (Lipinski definition) is 5. The summed E-state index contributed by atoms with van der Waals surface area (Å²) in [4.78, 5) is 53.7. The lowest BCUT2D eigenvalue weighted by molar-refractivity contribution is -0.139. The van der Waals surface area contributed by atoms with E-state index in [4.69, 9.17) is 4.74 Å². The molecule has 3 aliphatic rings. The van der Waals surface area contributed by atoms with Crippen molar-refractivity contribution in [2.45, 2.75) is 32.6 Å². The molecule has 2 aromatic carbocycles. The summed E-state index contributed by atoms with van der Waals surface area (Å²) in [5, 5.41) is 0. The van der Waals surface area contributed by atoms with Crippen molar-refractivity contribution in [3.05, 3.63) is 54.6 Å². The Morgan fingerprint density at radius 1 is 0.879 bits per heavy atom. The van der Waals surface area contributed by atoms with Gasteiger partial charge in [0.05, 0.1) is 23.4 Å². The van der Waals surface area contributed by atoms with Crippen molar-refractivity contribution in [3.63, 3.8) is 0 Å². The van der Waals surface area contributed by atoms with E-state index < -0.39 is 11.9 Å². The smallest absolute Gasteiger partial charge is 0.316 e. The van der Waals surface area contributed by atoms with Crippen molar-refractivity contribution in [2.75, 3.05) is 16.3 Å². The molecule has 7 heteroatoms. The van der Waals surface area contributed by atoms with Crippen LogP contribution in [-0.2, 0) is 19.2 Å². The van der Waals surface area contributed by atoms with Crippen LogP contribution in [0.5, 0.6) is 5.75 Å². The Bertz CT molecular complexity index is 1100. The number of anilines is 2. The van der Waals surface area contributed by atoms with E-state index in [0.717, 1.165) is 24.9 Å². The Labute approximate surface area is 192 Å². The highest BCUT2D eigenvalue weighted by Crippen LogP contribution is 2.42. The van der Waals surface area contributed by atoms with E-state index in [9.17, 15) is 19.2 Å². The van der Waals surface area contributed by atoms with E-state index in [-0.39, 0.29) is 42.5 Å².